The summed E-state index contributed by atoms with van der Waals surface area (Å²) in [4.78, 5) is 14.9. The predicted octanol–water partition coefficient (Wildman–Crippen LogP) is 1.72. The van der Waals surface area contributed by atoms with Crippen LogP contribution in [0.25, 0.3) is 0 Å². The van der Waals surface area contributed by atoms with Crippen LogP contribution in [0.4, 0.5) is 0 Å². The number of hydrogen-bond acceptors (Lipinski definition) is 5. The molecule has 4 atom stereocenters. The Labute approximate surface area is 152 Å². The van der Waals surface area contributed by atoms with E-state index < -0.39 is 17.1 Å². The summed E-state index contributed by atoms with van der Waals surface area (Å²) < 4.78 is 5.98. The van der Waals surface area contributed by atoms with Crippen LogP contribution >= 0.6 is 12.4 Å². The summed E-state index contributed by atoms with van der Waals surface area (Å²) in [6, 6.07) is 3.52. The van der Waals surface area contributed by atoms with E-state index in [-0.39, 0.29) is 30.0 Å². The summed E-state index contributed by atoms with van der Waals surface area (Å²) in [5.41, 5.74) is 0.256. The van der Waals surface area contributed by atoms with Crippen LogP contribution in [0.5, 0.6) is 11.5 Å². The summed E-state index contributed by atoms with van der Waals surface area (Å²) >= 11 is 0. The van der Waals surface area contributed by atoms with Crippen molar-refractivity contribution in [3.63, 3.8) is 0 Å². The fraction of sp³-hybridized carbons (Fsp3) is 0.526. The number of aromatic hydroxyl groups is 1. The lowest BCUT2D eigenvalue weighted by molar-refractivity contribution is -0.187. The molecule has 1 aromatic rings. The number of hydrogen-bond donors (Lipinski definition) is 2. The second-order valence-electron chi connectivity index (χ2n) is 7.56. The fourth-order valence-corrected chi connectivity index (χ4v) is 5.80. The van der Waals surface area contributed by atoms with Gasteiger partial charge in [-0.1, -0.05) is 12.1 Å². The highest BCUT2D eigenvalue weighted by Gasteiger charge is 2.72. The van der Waals surface area contributed by atoms with Gasteiger partial charge >= 0.3 is 0 Å². The number of nitrogens with zero attached hydrogens (tertiary/aromatic N) is 1. The van der Waals surface area contributed by atoms with E-state index in [0.717, 1.165) is 24.2 Å². The maximum absolute atomic E-state index is 12.6. The molecular formula is C19H22ClNO4. The number of likely N-dealkylation sites (tertiary alicyclic amines) is 1. The van der Waals surface area contributed by atoms with Crippen LogP contribution in [-0.2, 0) is 16.6 Å². The first-order valence-corrected chi connectivity index (χ1v) is 8.65. The quantitative estimate of drug-likeness (QED) is 0.783. The van der Waals surface area contributed by atoms with Crippen LogP contribution in [0.3, 0.4) is 0 Å². The van der Waals surface area contributed by atoms with Crippen molar-refractivity contribution in [3.8, 4) is 11.5 Å². The lowest BCUT2D eigenvalue weighted by Gasteiger charge is -2.62. The number of phenols is 1. The zero-order valence-electron chi connectivity index (χ0n) is 13.9. The van der Waals surface area contributed by atoms with E-state index in [2.05, 4.69) is 11.5 Å². The number of Topliss-reactive ketones (excluding diaryl/α,β-unsaturated/α-hetero) is 1. The first kappa shape index (κ1) is 16.9. The molecule has 5 nitrogen and oxygen atoms in total. The fourth-order valence-electron chi connectivity index (χ4n) is 5.80. The maximum atomic E-state index is 12.6. The third-order valence-corrected chi connectivity index (χ3v) is 6.73. The van der Waals surface area contributed by atoms with Gasteiger partial charge in [0.05, 0.1) is 11.0 Å². The highest BCUT2D eigenvalue weighted by molar-refractivity contribution is 5.90. The Kier molecular flexibility index (Phi) is 3.53. The minimum absolute atomic E-state index is 0. The van der Waals surface area contributed by atoms with Crippen molar-refractivity contribution in [2.24, 2.45) is 0 Å². The molecule has 2 N–H and O–H groups in total. The topological polar surface area (TPSA) is 70.0 Å². The van der Waals surface area contributed by atoms with Crippen molar-refractivity contribution < 1.29 is 19.7 Å². The van der Waals surface area contributed by atoms with Crippen LogP contribution in [-0.4, -0.2) is 51.7 Å². The van der Waals surface area contributed by atoms with Gasteiger partial charge in [0.25, 0.3) is 0 Å². The minimum atomic E-state index is -1.00. The van der Waals surface area contributed by atoms with E-state index in [4.69, 9.17) is 4.74 Å². The molecule has 0 aromatic heterocycles. The van der Waals surface area contributed by atoms with Crippen molar-refractivity contribution in [1.29, 1.82) is 0 Å². The molecule has 0 amide bonds. The van der Waals surface area contributed by atoms with Crippen LogP contribution in [0.15, 0.2) is 24.8 Å². The number of benzene rings is 1. The zero-order valence-corrected chi connectivity index (χ0v) is 14.7. The van der Waals surface area contributed by atoms with Crippen molar-refractivity contribution >= 4 is 18.2 Å². The molecule has 1 saturated heterocycles. The molecule has 5 rings (SSSR count). The summed E-state index contributed by atoms with van der Waals surface area (Å²) in [6.45, 7) is 5.36. The molecule has 2 aliphatic carbocycles. The van der Waals surface area contributed by atoms with Gasteiger partial charge in [-0.2, -0.15) is 0 Å². The highest BCUT2D eigenvalue weighted by Crippen LogP contribution is 2.64. The number of carbonyl (C=O) groups is 1. The van der Waals surface area contributed by atoms with E-state index in [1.54, 1.807) is 6.07 Å². The Bertz CT molecular complexity index is 781. The molecule has 2 fully saturated rings. The van der Waals surface area contributed by atoms with E-state index in [1.807, 2.05) is 12.1 Å². The molecule has 2 bridgehead atoms. The monoisotopic (exact) mass is 363 g/mol. The maximum Gasteiger partial charge on any atom is 0.174 e. The molecule has 1 spiro atoms. The molecule has 1 aromatic carbocycles. The Hall–Kier alpha value is -1.56. The van der Waals surface area contributed by atoms with E-state index in [9.17, 15) is 15.0 Å². The zero-order chi connectivity index (χ0) is 16.7. The van der Waals surface area contributed by atoms with Crippen LogP contribution in [0.2, 0.25) is 0 Å². The summed E-state index contributed by atoms with van der Waals surface area (Å²) in [6.07, 6.45) is 3.35. The summed E-state index contributed by atoms with van der Waals surface area (Å²) in [5.74, 6) is 0.528. The van der Waals surface area contributed by atoms with Gasteiger partial charge in [0.2, 0.25) is 0 Å². The SMILES string of the molecule is C=CCN1CC[C@]23c4c5ccc(O)c4OC2C(=O)CC[C@@]3(O)C1C5.Cl. The van der Waals surface area contributed by atoms with Gasteiger partial charge in [0.1, 0.15) is 0 Å². The van der Waals surface area contributed by atoms with Gasteiger partial charge in [0.15, 0.2) is 23.4 Å². The first-order chi connectivity index (χ1) is 11.5. The van der Waals surface area contributed by atoms with Gasteiger partial charge in [-0.3, -0.25) is 9.69 Å². The van der Waals surface area contributed by atoms with Gasteiger partial charge in [-0.05, 0) is 30.9 Å². The third-order valence-electron chi connectivity index (χ3n) is 6.73. The molecule has 134 valence electrons. The molecule has 0 radical (unpaired) electrons. The number of aliphatic hydroxyl groups is 1. The Morgan fingerprint density at radius 2 is 2.20 bits per heavy atom. The smallest absolute Gasteiger partial charge is 0.174 e. The molecule has 4 aliphatic rings. The van der Waals surface area contributed by atoms with Crippen LogP contribution in [0, 0.1) is 0 Å². The second kappa shape index (κ2) is 5.22. The molecule has 2 aliphatic heterocycles. The lowest BCUT2D eigenvalue weighted by atomic mass is 9.49. The molecule has 6 heteroatoms. The first-order valence-electron chi connectivity index (χ1n) is 8.65. The number of piperidine rings is 1. The average molecular weight is 364 g/mol. The number of halogens is 1. The van der Waals surface area contributed by atoms with Gasteiger partial charge in [-0.25, -0.2) is 0 Å². The number of rotatable bonds is 2. The van der Waals surface area contributed by atoms with Gasteiger partial charge in [0, 0.05) is 31.1 Å². The summed E-state index contributed by atoms with van der Waals surface area (Å²) in [7, 11) is 0. The van der Waals surface area contributed by atoms with Crippen LogP contribution in [0.1, 0.15) is 30.4 Å². The molecule has 2 unspecified atom stereocenters. The Balaban J connectivity index is 0.00000157. The van der Waals surface area contributed by atoms with Crippen molar-refractivity contribution in [3.05, 3.63) is 35.9 Å². The van der Waals surface area contributed by atoms with Crippen molar-refractivity contribution in [1.82, 2.24) is 4.90 Å². The number of ketones is 1. The average Bonchev–Trinajstić information content (AvgIpc) is 2.91. The van der Waals surface area contributed by atoms with E-state index in [1.165, 1.54) is 0 Å². The van der Waals surface area contributed by atoms with E-state index in [0.29, 0.717) is 31.4 Å². The van der Waals surface area contributed by atoms with Gasteiger partial charge in [-0.15, -0.1) is 19.0 Å². The second-order valence-corrected chi connectivity index (χ2v) is 7.56. The lowest BCUT2D eigenvalue weighted by Crippen LogP contribution is -2.76. The summed E-state index contributed by atoms with van der Waals surface area (Å²) in [5, 5.41) is 22.1. The molecule has 25 heavy (non-hydrogen) atoms. The predicted molar refractivity (Wildman–Crippen MR) is 94.5 cm³/mol. The molecule has 2 heterocycles. The highest BCUT2D eigenvalue weighted by atomic mass is 35.5. The Morgan fingerprint density at radius 1 is 1.40 bits per heavy atom. The molecular weight excluding hydrogens is 342 g/mol. The number of carbonyl (C=O) groups excluding carboxylic acids is 1. The number of phenolic OH excluding ortho intramolecular Hbond substituents is 1. The standard InChI is InChI=1S/C19H21NO4.ClH/c1-2-8-20-9-7-18-15-11-3-4-12(21)16(15)24-17(18)13(22)5-6-19(18,23)14(20)10-11;/h2-4,14,17,21,23H,1,5-10H2;1H/t14?,17?,18-,19+;/m0./s1. The van der Waals surface area contributed by atoms with E-state index >= 15 is 0 Å². The van der Waals surface area contributed by atoms with Gasteiger partial charge < -0.3 is 14.9 Å². The number of ether oxygens (including phenoxy) is 1. The normalized spacial score (nSPS) is 37.7. The largest absolute Gasteiger partial charge is 0.504 e. The Morgan fingerprint density at radius 3 is 2.96 bits per heavy atom. The van der Waals surface area contributed by atoms with Crippen molar-refractivity contribution in [2.75, 3.05) is 13.1 Å². The minimum Gasteiger partial charge on any atom is -0.504 e. The molecule has 1 saturated carbocycles. The third kappa shape index (κ3) is 1.74. The van der Waals surface area contributed by atoms with Crippen molar-refractivity contribution in [2.45, 2.75) is 48.8 Å². The van der Waals surface area contributed by atoms with Crippen LogP contribution < -0.4 is 4.74 Å².